The third-order valence-electron chi connectivity index (χ3n) is 1.84. The molecule has 0 aliphatic heterocycles. The van der Waals surface area contributed by atoms with E-state index in [1.165, 1.54) is 6.20 Å². The van der Waals surface area contributed by atoms with Gasteiger partial charge in [0, 0.05) is 17.8 Å². The van der Waals surface area contributed by atoms with E-state index in [1.807, 2.05) is 0 Å². The summed E-state index contributed by atoms with van der Waals surface area (Å²) >= 11 is 0. The third-order valence-corrected chi connectivity index (χ3v) is 1.84. The highest BCUT2D eigenvalue weighted by molar-refractivity contribution is 6.01. The van der Waals surface area contributed by atoms with Gasteiger partial charge in [0.2, 0.25) is 0 Å². The van der Waals surface area contributed by atoms with E-state index in [-0.39, 0.29) is 5.56 Å². The van der Waals surface area contributed by atoms with Crippen molar-refractivity contribution in [2.24, 2.45) is 0 Å². The monoisotopic (exact) mass is 178 g/mol. The number of carboxylic acids is 1. The second-order valence-corrected chi connectivity index (χ2v) is 2.60. The highest BCUT2D eigenvalue weighted by atomic mass is 16.4. The first kappa shape index (κ1) is 7.60. The van der Waals surface area contributed by atoms with Gasteiger partial charge in [0.25, 0.3) is 5.56 Å². The van der Waals surface area contributed by atoms with Crippen molar-refractivity contribution in [3.05, 3.63) is 34.4 Å². The van der Waals surface area contributed by atoms with Crippen LogP contribution in [0.25, 0.3) is 10.9 Å². The topological polar surface area (TPSA) is 85.9 Å². The highest BCUT2D eigenvalue weighted by Crippen LogP contribution is 2.12. The van der Waals surface area contributed by atoms with Crippen LogP contribution in [0.5, 0.6) is 0 Å². The summed E-state index contributed by atoms with van der Waals surface area (Å²) in [7, 11) is 0. The Bertz CT molecular complexity index is 523. The van der Waals surface area contributed by atoms with Crippen LogP contribution in [0.3, 0.4) is 0 Å². The molecule has 0 atom stereocenters. The lowest BCUT2D eigenvalue weighted by Gasteiger charge is -1.94. The molecule has 0 spiro atoms. The molecule has 3 N–H and O–H groups in total. The Morgan fingerprint density at radius 2 is 2.15 bits per heavy atom. The van der Waals surface area contributed by atoms with Gasteiger partial charge in [-0.3, -0.25) is 4.79 Å². The fourth-order valence-corrected chi connectivity index (χ4v) is 1.26. The zero-order valence-corrected chi connectivity index (χ0v) is 6.50. The molecule has 0 radical (unpaired) electrons. The average molecular weight is 178 g/mol. The van der Waals surface area contributed by atoms with Crippen LogP contribution < -0.4 is 5.56 Å². The van der Waals surface area contributed by atoms with Crippen LogP contribution in [-0.2, 0) is 0 Å². The van der Waals surface area contributed by atoms with Crippen molar-refractivity contribution in [1.29, 1.82) is 0 Å². The smallest absolute Gasteiger partial charge is 0.342 e. The lowest BCUT2D eigenvalue weighted by atomic mass is 10.2. The summed E-state index contributed by atoms with van der Waals surface area (Å²) in [5.41, 5.74) is -0.199. The van der Waals surface area contributed by atoms with Crippen molar-refractivity contribution >= 4 is 16.9 Å². The molecule has 0 aliphatic rings. The van der Waals surface area contributed by atoms with Crippen molar-refractivity contribution in [2.75, 3.05) is 0 Å². The van der Waals surface area contributed by atoms with Crippen molar-refractivity contribution < 1.29 is 9.90 Å². The highest BCUT2D eigenvalue weighted by Gasteiger charge is 2.13. The second kappa shape index (κ2) is 2.48. The van der Waals surface area contributed by atoms with Crippen molar-refractivity contribution in [3.8, 4) is 0 Å². The van der Waals surface area contributed by atoms with Gasteiger partial charge in [-0.2, -0.15) is 0 Å². The first-order chi connectivity index (χ1) is 6.20. The van der Waals surface area contributed by atoms with Gasteiger partial charge in [-0.25, -0.2) is 4.79 Å². The van der Waals surface area contributed by atoms with E-state index in [2.05, 4.69) is 9.97 Å². The van der Waals surface area contributed by atoms with Crippen LogP contribution in [0.4, 0.5) is 0 Å². The van der Waals surface area contributed by atoms with Gasteiger partial charge in [-0.1, -0.05) is 0 Å². The lowest BCUT2D eigenvalue weighted by molar-refractivity contribution is 0.0697. The van der Waals surface area contributed by atoms with Crippen LogP contribution in [0, 0.1) is 0 Å². The zero-order valence-electron chi connectivity index (χ0n) is 6.50. The molecule has 0 aromatic carbocycles. The maximum absolute atomic E-state index is 11.1. The number of pyridine rings is 1. The minimum absolute atomic E-state index is 0.223. The number of hydrogen-bond acceptors (Lipinski definition) is 2. The number of aromatic amines is 2. The molecule has 0 saturated heterocycles. The lowest BCUT2D eigenvalue weighted by Crippen LogP contribution is -2.16. The molecule has 66 valence electrons. The van der Waals surface area contributed by atoms with Crippen molar-refractivity contribution in [1.82, 2.24) is 9.97 Å². The average Bonchev–Trinajstić information content (AvgIpc) is 2.50. The number of fused-ring (bicyclic) bond motifs is 1. The van der Waals surface area contributed by atoms with E-state index in [1.54, 1.807) is 12.3 Å². The standard InChI is InChI=1S/C8H6N2O3/c11-7-6(8(12)13)4-1-2-9-5(4)3-10-7/h1-3,9H,(H,10,11)(H,12,13). The first-order valence-corrected chi connectivity index (χ1v) is 3.62. The Hall–Kier alpha value is -2.04. The van der Waals surface area contributed by atoms with Crippen LogP contribution in [0.15, 0.2) is 23.3 Å². The fourth-order valence-electron chi connectivity index (χ4n) is 1.26. The molecule has 5 heteroatoms. The number of aromatic carboxylic acids is 1. The number of H-pyrrole nitrogens is 2. The number of aromatic nitrogens is 2. The molecule has 2 aromatic rings. The summed E-state index contributed by atoms with van der Waals surface area (Å²) < 4.78 is 0. The van der Waals surface area contributed by atoms with E-state index in [0.29, 0.717) is 10.9 Å². The molecule has 0 bridgehead atoms. The molecule has 2 heterocycles. The summed E-state index contributed by atoms with van der Waals surface area (Å²) in [6.45, 7) is 0. The molecule has 0 amide bonds. The molecule has 0 saturated carbocycles. The van der Waals surface area contributed by atoms with E-state index in [9.17, 15) is 9.59 Å². The predicted molar refractivity (Wildman–Crippen MR) is 45.9 cm³/mol. The normalized spacial score (nSPS) is 10.5. The van der Waals surface area contributed by atoms with E-state index >= 15 is 0 Å². The second-order valence-electron chi connectivity index (χ2n) is 2.60. The third kappa shape index (κ3) is 1.01. The Morgan fingerprint density at radius 3 is 2.85 bits per heavy atom. The number of carbonyl (C=O) groups is 1. The summed E-state index contributed by atoms with van der Waals surface area (Å²) in [5.74, 6) is -1.22. The minimum Gasteiger partial charge on any atom is -0.477 e. The van der Waals surface area contributed by atoms with E-state index in [4.69, 9.17) is 5.11 Å². The Balaban J connectivity index is 2.97. The Morgan fingerprint density at radius 1 is 1.38 bits per heavy atom. The fraction of sp³-hybridized carbons (Fsp3) is 0. The predicted octanol–water partition coefficient (Wildman–Crippen LogP) is 0.554. The summed E-state index contributed by atoms with van der Waals surface area (Å²) in [4.78, 5) is 27.0. The molecule has 13 heavy (non-hydrogen) atoms. The number of carboxylic acid groups (broad SMARTS) is 1. The molecule has 0 unspecified atom stereocenters. The number of hydrogen-bond donors (Lipinski definition) is 3. The van der Waals surface area contributed by atoms with Gasteiger partial charge in [-0.05, 0) is 6.07 Å². The van der Waals surface area contributed by atoms with Gasteiger partial charge < -0.3 is 15.1 Å². The summed E-state index contributed by atoms with van der Waals surface area (Å²) in [6.07, 6.45) is 3.04. The molecule has 2 rings (SSSR count). The van der Waals surface area contributed by atoms with E-state index in [0.717, 1.165) is 0 Å². The molecular formula is C8H6N2O3. The molecule has 0 aliphatic carbocycles. The largest absolute Gasteiger partial charge is 0.477 e. The van der Waals surface area contributed by atoms with Gasteiger partial charge in [-0.15, -0.1) is 0 Å². The van der Waals surface area contributed by atoms with Crippen LogP contribution in [-0.4, -0.2) is 21.0 Å². The number of rotatable bonds is 1. The number of nitrogens with one attached hydrogen (secondary N) is 2. The molecule has 0 fully saturated rings. The van der Waals surface area contributed by atoms with Gasteiger partial charge >= 0.3 is 5.97 Å². The zero-order chi connectivity index (χ0) is 9.42. The molecule has 2 aromatic heterocycles. The molecule has 5 nitrogen and oxygen atoms in total. The van der Waals surface area contributed by atoms with Crippen LogP contribution >= 0.6 is 0 Å². The van der Waals surface area contributed by atoms with Crippen LogP contribution in [0.2, 0.25) is 0 Å². The SMILES string of the molecule is O=C(O)c1c(=O)[nH]cc2[nH]ccc12. The first-order valence-electron chi connectivity index (χ1n) is 3.62. The van der Waals surface area contributed by atoms with Gasteiger partial charge in [0.15, 0.2) is 0 Å². The minimum atomic E-state index is -1.22. The Labute approximate surface area is 72.0 Å². The van der Waals surface area contributed by atoms with Gasteiger partial charge in [0.05, 0.1) is 5.52 Å². The summed E-state index contributed by atoms with van der Waals surface area (Å²) in [6, 6.07) is 1.56. The van der Waals surface area contributed by atoms with Crippen LogP contribution in [0.1, 0.15) is 10.4 Å². The van der Waals surface area contributed by atoms with Crippen molar-refractivity contribution in [2.45, 2.75) is 0 Å². The maximum atomic E-state index is 11.1. The molecular weight excluding hydrogens is 172 g/mol. The van der Waals surface area contributed by atoms with Gasteiger partial charge in [0.1, 0.15) is 5.56 Å². The maximum Gasteiger partial charge on any atom is 0.342 e. The van der Waals surface area contributed by atoms with Crippen molar-refractivity contribution in [3.63, 3.8) is 0 Å². The quantitative estimate of drug-likeness (QED) is 0.596. The van der Waals surface area contributed by atoms with E-state index < -0.39 is 11.5 Å². The summed E-state index contributed by atoms with van der Waals surface area (Å²) in [5, 5.41) is 9.18. The Kier molecular flexibility index (Phi) is 1.45.